The van der Waals surface area contributed by atoms with Crippen molar-refractivity contribution in [3.63, 3.8) is 0 Å². The molecule has 0 aliphatic heterocycles. The van der Waals surface area contributed by atoms with E-state index in [9.17, 15) is 9.59 Å². The first-order valence-electron chi connectivity index (χ1n) is 8.90. The van der Waals surface area contributed by atoms with Crippen molar-refractivity contribution in [1.29, 1.82) is 0 Å². The van der Waals surface area contributed by atoms with Gasteiger partial charge in [-0.25, -0.2) is 0 Å². The summed E-state index contributed by atoms with van der Waals surface area (Å²) in [5.74, 6) is 0.341. The minimum absolute atomic E-state index is 0.183. The van der Waals surface area contributed by atoms with Gasteiger partial charge in [0.1, 0.15) is 0 Å². The highest BCUT2D eigenvalue weighted by Crippen LogP contribution is 2.31. The van der Waals surface area contributed by atoms with E-state index in [0.717, 1.165) is 0 Å². The first-order valence-corrected chi connectivity index (χ1v) is 9.69. The van der Waals surface area contributed by atoms with Crippen LogP contribution in [0.25, 0.3) is 11.4 Å². The summed E-state index contributed by atoms with van der Waals surface area (Å²) in [4.78, 5) is 28.4. The number of nitrogens with one attached hydrogen (secondary N) is 2. The molecular weight excluding hydrogens is 456 g/mol. The van der Waals surface area contributed by atoms with Gasteiger partial charge in [0, 0.05) is 23.1 Å². The molecule has 3 rings (SSSR count). The van der Waals surface area contributed by atoms with Gasteiger partial charge in [0.2, 0.25) is 5.82 Å². The molecule has 0 saturated heterocycles. The van der Waals surface area contributed by atoms with E-state index in [1.807, 2.05) is 6.07 Å². The summed E-state index contributed by atoms with van der Waals surface area (Å²) in [6.07, 6.45) is 0. The van der Waals surface area contributed by atoms with Crippen molar-refractivity contribution in [3.8, 4) is 22.9 Å². The van der Waals surface area contributed by atoms with Crippen LogP contribution in [0.3, 0.4) is 0 Å². The lowest BCUT2D eigenvalue weighted by molar-refractivity contribution is 0.0898. The van der Waals surface area contributed by atoms with E-state index < -0.39 is 5.91 Å². The molecule has 0 atom stereocenters. The van der Waals surface area contributed by atoms with Gasteiger partial charge in [-0.1, -0.05) is 17.3 Å². The smallest absolute Gasteiger partial charge is 0.316 e. The Labute approximate surface area is 180 Å². The molecule has 1 aromatic heterocycles. The van der Waals surface area contributed by atoms with E-state index in [1.165, 1.54) is 14.2 Å². The number of methoxy groups -OCH3 is 2. The second-order valence-electron chi connectivity index (χ2n) is 5.98. The third-order valence-electron chi connectivity index (χ3n) is 4.08. The molecule has 2 amide bonds. The molecule has 0 fully saturated rings. The number of halogens is 1. The average Bonchev–Trinajstić information content (AvgIpc) is 3.26. The van der Waals surface area contributed by atoms with Crippen molar-refractivity contribution in [1.82, 2.24) is 20.8 Å². The van der Waals surface area contributed by atoms with E-state index in [2.05, 4.69) is 36.7 Å². The lowest BCUT2D eigenvalue weighted by Crippen LogP contribution is -2.34. The molecule has 3 aromatic rings. The minimum Gasteiger partial charge on any atom is -0.493 e. The van der Waals surface area contributed by atoms with Gasteiger partial charge in [-0.2, -0.15) is 4.98 Å². The van der Waals surface area contributed by atoms with Gasteiger partial charge in [0.15, 0.2) is 11.5 Å². The number of carbonyl (C=O) groups is 2. The van der Waals surface area contributed by atoms with Gasteiger partial charge >= 0.3 is 11.8 Å². The van der Waals surface area contributed by atoms with Crippen LogP contribution in [0.1, 0.15) is 21.0 Å². The number of ether oxygens (including phenoxy) is 2. The van der Waals surface area contributed by atoms with Crippen molar-refractivity contribution >= 4 is 27.7 Å². The van der Waals surface area contributed by atoms with Gasteiger partial charge in [-0.05, 0) is 46.3 Å². The van der Waals surface area contributed by atoms with Crippen LogP contribution >= 0.6 is 15.9 Å². The largest absolute Gasteiger partial charge is 0.493 e. The van der Waals surface area contributed by atoms with Crippen LogP contribution in [0.4, 0.5) is 0 Å². The van der Waals surface area contributed by atoms with Crippen LogP contribution in [-0.2, 0) is 0 Å². The van der Waals surface area contributed by atoms with Crippen molar-refractivity contribution in [3.05, 3.63) is 58.4 Å². The summed E-state index contributed by atoms with van der Waals surface area (Å²) in [5, 5.41) is 9.17. The number of amides is 2. The van der Waals surface area contributed by atoms with Gasteiger partial charge in [0.25, 0.3) is 5.91 Å². The van der Waals surface area contributed by atoms with Crippen LogP contribution in [0.2, 0.25) is 0 Å². The van der Waals surface area contributed by atoms with Crippen molar-refractivity contribution < 1.29 is 23.6 Å². The molecular formula is C20H19BrN4O5. The second-order valence-corrected chi connectivity index (χ2v) is 6.84. The molecule has 0 aliphatic rings. The van der Waals surface area contributed by atoms with Gasteiger partial charge in [0.05, 0.1) is 19.8 Å². The highest BCUT2D eigenvalue weighted by Gasteiger charge is 2.17. The standard InChI is InChI=1S/C20H19BrN4O5/c1-28-15-8-7-12(11-16(15)29-2)17-24-20(30-25-17)19(27)23-10-9-22-18(26)13-5-3-4-6-14(13)21/h3-8,11H,9-10H2,1-2H3,(H,22,26)(H,23,27). The molecule has 0 aliphatic carbocycles. The Morgan fingerprint density at radius 2 is 1.70 bits per heavy atom. The zero-order chi connectivity index (χ0) is 21.5. The molecule has 30 heavy (non-hydrogen) atoms. The average molecular weight is 475 g/mol. The quantitative estimate of drug-likeness (QED) is 0.482. The van der Waals surface area contributed by atoms with Crippen molar-refractivity contribution in [2.45, 2.75) is 0 Å². The zero-order valence-electron chi connectivity index (χ0n) is 16.3. The summed E-state index contributed by atoms with van der Waals surface area (Å²) in [6.45, 7) is 0.436. The molecule has 10 heteroatoms. The van der Waals surface area contributed by atoms with Crippen LogP contribution in [0.15, 0.2) is 51.5 Å². The Kier molecular flexibility index (Phi) is 7.02. The Balaban J connectivity index is 1.54. The number of hydrogen-bond acceptors (Lipinski definition) is 7. The van der Waals surface area contributed by atoms with E-state index in [1.54, 1.807) is 36.4 Å². The van der Waals surface area contributed by atoms with E-state index in [0.29, 0.717) is 27.1 Å². The molecule has 0 saturated carbocycles. The molecule has 156 valence electrons. The fourth-order valence-electron chi connectivity index (χ4n) is 2.58. The van der Waals surface area contributed by atoms with Gasteiger partial charge < -0.3 is 24.6 Å². The zero-order valence-corrected chi connectivity index (χ0v) is 17.9. The summed E-state index contributed by atoms with van der Waals surface area (Å²) in [7, 11) is 3.06. The predicted octanol–water partition coefficient (Wildman–Crippen LogP) is 2.68. The summed E-state index contributed by atoms with van der Waals surface area (Å²) < 4.78 is 16.2. The third-order valence-corrected chi connectivity index (χ3v) is 4.77. The highest BCUT2D eigenvalue weighted by atomic mass is 79.9. The molecule has 2 N–H and O–H groups in total. The summed E-state index contributed by atoms with van der Waals surface area (Å²) in [5.41, 5.74) is 1.12. The Morgan fingerprint density at radius 3 is 2.40 bits per heavy atom. The first kappa shape index (κ1) is 21.3. The maximum absolute atomic E-state index is 12.2. The number of nitrogens with zero attached hydrogens (tertiary/aromatic N) is 2. The van der Waals surface area contributed by atoms with Crippen LogP contribution < -0.4 is 20.1 Å². The third kappa shape index (κ3) is 4.95. The van der Waals surface area contributed by atoms with E-state index in [-0.39, 0.29) is 30.7 Å². The van der Waals surface area contributed by atoms with Crippen LogP contribution in [0, 0.1) is 0 Å². The van der Waals surface area contributed by atoms with Gasteiger partial charge in [-0.3, -0.25) is 9.59 Å². The minimum atomic E-state index is -0.538. The number of aromatic nitrogens is 2. The molecule has 1 heterocycles. The number of benzene rings is 2. The second kappa shape index (κ2) is 9.88. The molecule has 0 unspecified atom stereocenters. The number of hydrogen-bond donors (Lipinski definition) is 2. The first-order chi connectivity index (χ1) is 14.5. The lowest BCUT2D eigenvalue weighted by Gasteiger charge is -2.07. The van der Waals surface area contributed by atoms with E-state index in [4.69, 9.17) is 14.0 Å². The normalized spacial score (nSPS) is 10.4. The Hall–Kier alpha value is -3.40. The van der Waals surface area contributed by atoms with E-state index >= 15 is 0 Å². The summed E-state index contributed by atoms with van der Waals surface area (Å²) in [6, 6.07) is 12.2. The molecule has 0 spiro atoms. The molecule has 9 nitrogen and oxygen atoms in total. The monoisotopic (exact) mass is 474 g/mol. The SMILES string of the molecule is COc1ccc(-c2noc(C(=O)NCCNC(=O)c3ccccc3Br)n2)cc1OC. The fraction of sp³-hybridized carbons (Fsp3) is 0.200. The Morgan fingerprint density at radius 1 is 1.00 bits per heavy atom. The summed E-state index contributed by atoms with van der Waals surface area (Å²) >= 11 is 3.33. The number of carbonyl (C=O) groups excluding carboxylic acids is 2. The number of rotatable bonds is 8. The van der Waals surface area contributed by atoms with Crippen LogP contribution in [0.5, 0.6) is 11.5 Å². The fourth-order valence-corrected chi connectivity index (χ4v) is 3.04. The van der Waals surface area contributed by atoms with Crippen LogP contribution in [-0.4, -0.2) is 49.3 Å². The topological polar surface area (TPSA) is 116 Å². The van der Waals surface area contributed by atoms with Crippen molar-refractivity contribution in [2.75, 3.05) is 27.3 Å². The Bertz CT molecular complexity index is 1050. The van der Waals surface area contributed by atoms with Gasteiger partial charge in [-0.15, -0.1) is 0 Å². The predicted molar refractivity (Wildman–Crippen MR) is 112 cm³/mol. The maximum atomic E-state index is 12.2. The maximum Gasteiger partial charge on any atom is 0.316 e. The highest BCUT2D eigenvalue weighted by molar-refractivity contribution is 9.10. The molecule has 0 bridgehead atoms. The molecule has 0 radical (unpaired) electrons. The molecule has 2 aromatic carbocycles. The van der Waals surface area contributed by atoms with Crippen molar-refractivity contribution in [2.24, 2.45) is 0 Å². The lowest BCUT2D eigenvalue weighted by atomic mass is 10.2.